The van der Waals surface area contributed by atoms with Crippen molar-refractivity contribution < 1.29 is 14.3 Å². The lowest BCUT2D eigenvalue weighted by Crippen LogP contribution is -2.31. The molecule has 4 aromatic rings. The number of halogens is 1. The summed E-state index contributed by atoms with van der Waals surface area (Å²) in [6.45, 7) is 4.67. The Morgan fingerprint density at radius 2 is 1.88 bits per heavy atom. The minimum Gasteiger partial charge on any atom is -0.478 e. The monoisotopic (exact) mass is 470 g/mol. The molecule has 0 unspecified atom stereocenters. The van der Waals surface area contributed by atoms with Gasteiger partial charge >= 0.3 is 0 Å². The summed E-state index contributed by atoms with van der Waals surface area (Å²) in [6, 6.07) is 19.7. The van der Waals surface area contributed by atoms with Gasteiger partial charge in [-0.3, -0.25) is 9.69 Å². The first-order valence-corrected chi connectivity index (χ1v) is 11.8. The average Bonchev–Trinajstić information content (AvgIpc) is 3.38. The van der Waals surface area contributed by atoms with Crippen LogP contribution in [0.4, 0.5) is 0 Å². The highest BCUT2D eigenvalue weighted by Gasteiger charge is 2.34. The summed E-state index contributed by atoms with van der Waals surface area (Å²) in [5.74, 6) is 1.59. The van der Waals surface area contributed by atoms with Crippen molar-refractivity contribution in [3.05, 3.63) is 99.9 Å². The lowest BCUT2D eigenvalue weighted by Gasteiger charge is -2.30. The number of ketones is 1. The molecule has 6 rings (SSSR count). The molecule has 1 aromatic heterocycles. The molecular weight excluding hydrogens is 448 g/mol. The Morgan fingerprint density at radius 3 is 2.74 bits per heavy atom. The first-order valence-electron chi connectivity index (χ1n) is 11.4. The number of aryl methyl sites for hydroxylation is 1. The summed E-state index contributed by atoms with van der Waals surface area (Å²) in [7, 11) is 0. The van der Waals surface area contributed by atoms with Crippen LogP contribution in [0.1, 0.15) is 34.0 Å². The molecule has 0 fully saturated rings. The Kier molecular flexibility index (Phi) is 5.16. The highest BCUT2D eigenvalue weighted by Crippen LogP contribution is 2.42. The van der Waals surface area contributed by atoms with Crippen LogP contribution < -0.4 is 9.47 Å². The molecule has 3 aromatic carbocycles. The fraction of sp³-hybridized carbons (Fsp3) is 0.179. The van der Waals surface area contributed by atoms with Crippen LogP contribution in [0.2, 0.25) is 5.02 Å². The largest absolute Gasteiger partial charge is 0.478 e. The molecular formula is C28H23ClN2O3. The normalized spacial score (nSPS) is 16.4. The second kappa shape index (κ2) is 8.35. The molecule has 0 radical (unpaired) electrons. The van der Waals surface area contributed by atoms with Crippen molar-refractivity contribution >= 4 is 34.4 Å². The number of nitrogens with zero attached hydrogens (tertiary/aromatic N) is 2. The fourth-order valence-corrected chi connectivity index (χ4v) is 4.96. The van der Waals surface area contributed by atoms with E-state index in [4.69, 9.17) is 21.1 Å². The van der Waals surface area contributed by atoms with E-state index in [1.807, 2.05) is 48.5 Å². The number of fused-ring (bicyclic) bond motifs is 4. The van der Waals surface area contributed by atoms with E-state index >= 15 is 0 Å². The standard InChI is InChI=1S/C28H23ClN2O3/c1-2-31-15-19(20-8-4-6-10-24(20)31)13-26-27(32)21-11-12-25-22(28(21)34-26)16-30(17-33-25)14-18-7-3-5-9-23(18)29/h3-13,15H,2,14,16-17H2,1H3/b26-13-. The zero-order chi connectivity index (χ0) is 23.2. The molecule has 0 aliphatic carbocycles. The Labute approximate surface area is 202 Å². The van der Waals surface area contributed by atoms with Crippen LogP contribution in [0, 0.1) is 0 Å². The number of hydrogen-bond acceptors (Lipinski definition) is 4. The van der Waals surface area contributed by atoms with Crippen LogP contribution in [-0.4, -0.2) is 22.0 Å². The SMILES string of the molecule is CCn1cc(/C=C2\Oc3c(ccc4c3CN(Cc3ccccc3Cl)CO4)C2=O)c2ccccc21. The third-order valence-electron chi connectivity index (χ3n) is 6.48. The van der Waals surface area contributed by atoms with Crippen molar-refractivity contribution in [3.8, 4) is 11.5 Å². The third kappa shape index (κ3) is 3.49. The summed E-state index contributed by atoms with van der Waals surface area (Å²) in [5, 5.41) is 1.83. The minimum atomic E-state index is -0.102. The number of benzene rings is 3. The zero-order valence-corrected chi connectivity index (χ0v) is 19.5. The number of allylic oxidation sites excluding steroid dienone is 1. The van der Waals surface area contributed by atoms with E-state index in [0.29, 0.717) is 36.9 Å². The molecule has 2 aliphatic heterocycles. The van der Waals surface area contributed by atoms with Crippen molar-refractivity contribution in [2.75, 3.05) is 6.73 Å². The van der Waals surface area contributed by atoms with Gasteiger partial charge in [0.2, 0.25) is 5.78 Å². The summed E-state index contributed by atoms with van der Waals surface area (Å²) < 4.78 is 14.4. The van der Waals surface area contributed by atoms with Crippen LogP contribution in [0.5, 0.6) is 11.5 Å². The van der Waals surface area contributed by atoms with Gasteiger partial charge in [0.05, 0.1) is 11.1 Å². The lowest BCUT2D eigenvalue weighted by molar-refractivity contribution is 0.0873. The molecule has 0 spiro atoms. The molecule has 170 valence electrons. The molecule has 3 heterocycles. The average molecular weight is 471 g/mol. The van der Waals surface area contributed by atoms with Crippen molar-refractivity contribution in [3.63, 3.8) is 0 Å². The number of carbonyl (C=O) groups excluding carboxylic acids is 1. The first kappa shape index (κ1) is 21.0. The van der Waals surface area contributed by atoms with Gasteiger partial charge in [-0.05, 0) is 42.8 Å². The van der Waals surface area contributed by atoms with Gasteiger partial charge in [0.1, 0.15) is 18.2 Å². The molecule has 2 aliphatic rings. The molecule has 6 heteroatoms. The van der Waals surface area contributed by atoms with E-state index in [1.165, 1.54) is 0 Å². The maximum atomic E-state index is 13.2. The second-order valence-electron chi connectivity index (χ2n) is 8.60. The number of rotatable bonds is 4. The summed E-state index contributed by atoms with van der Waals surface area (Å²) in [6.07, 6.45) is 3.93. The Balaban J connectivity index is 1.33. The third-order valence-corrected chi connectivity index (χ3v) is 6.85. The number of para-hydroxylation sites is 1. The smallest absolute Gasteiger partial charge is 0.231 e. The van der Waals surface area contributed by atoms with Crippen molar-refractivity contribution in [2.45, 2.75) is 26.6 Å². The number of Topliss-reactive ketones (excluding diaryl/α,β-unsaturated/α-hetero) is 1. The van der Waals surface area contributed by atoms with E-state index in [-0.39, 0.29) is 5.78 Å². The quantitative estimate of drug-likeness (QED) is 0.329. The van der Waals surface area contributed by atoms with Gasteiger partial charge < -0.3 is 14.0 Å². The first-order chi connectivity index (χ1) is 16.6. The van der Waals surface area contributed by atoms with Gasteiger partial charge in [0.25, 0.3) is 0 Å². The van der Waals surface area contributed by atoms with Gasteiger partial charge in [-0.15, -0.1) is 0 Å². The lowest BCUT2D eigenvalue weighted by atomic mass is 10.0. The van der Waals surface area contributed by atoms with Gasteiger partial charge in [0.15, 0.2) is 5.76 Å². The molecule has 0 bridgehead atoms. The number of hydrogen-bond donors (Lipinski definition) is 0. The van der Waals surface area contributed by atoms with Crippen LogP contribution in [0.3, 0.4) is 0 Å². The number of carbonyl (C=O) groups is 1. The summed E-state index contributed by atoms with van der Waals surface area (Å²) >= 11 is 6.36. The van der Waals surface area contributed by atoms with Gasteiger partial charge in [0, 0.05) is 47.3 Å². The summed E-state index contributed by atoms with van der Waals surface area (Å²) in [5.41, 5.74) is 4.62. The Morgan fingerprint density at radius 1 is 1.06 bits per heavy atom. The predicted molar refractivity (Wildman–Crippen MR) is 133 cm³/mol. The van der Waals surface area contributed by atoms with Crippen LogP contribution in [0.15, 0.2) is 72.6 Å². The fourth-order valence-electron chi connectivity index (χ4n) is 4.77. The molecule has 0 atom stereocenters. The topological polar surface area (TPSA) is 43.7 Å². The number of aromatic nitrogens is 1. The molecule has 0 saturated heterocycles. The van der Waals surface area contributed by atoms with Gasteiger partial charge in [-0.2, -0.15) is 0 Å². The van der Waals surface area contributed by atoms with E-state index in [2.05, 4.69) is 34.7 Å². The van der Waals surface area contributed by atoms with Gasteiger partial charge in [-0.25, -0.2) is 0 Å². The van der Waals surface area contributed by atoms with Crippen LogP contribution in [-0.2, 0) is 19.6 Å². The maximum Gasteiger partial charge on any atom is 0.231 e. The second-order valence-corrected chi connectivity index (χ2v) is 9.01. The van der Waals surface area contributed by atoms with Crippen molar-refractivity contribution in [1.29, 1.82) is 0 Å². The number of ether oxygens (including phenoxy) is 2. The van der Waals surface area contributed by atoms with Gasteiger partial charge in [-0.1, -0.05) is 48.0 Å². The van der Waals surface area contributed by atoms with Crippen molar-refractivity contribution in [1.82, 2.24) is 9.47 Å². The van der Waals surface area contributed by atoms with Crippen LogP contribution >= 0.6 is 11.6 Å². The Bertz CT molecular complexity index is 1470. The molecule has 0 N–H and O–H groups in total. The highest BCUT2D eigenvalue weighted by molar-refractivity contribution is 6.31. The minimum absolute atomic E-state index is 0.102. The van der Waals surface area contributed by atoms with E-state index < -0.39 is 0 Å². The molecule has 0 saturated carbocycles. The molecule has 5 nitrogen and oxygen atoms in total. The maximum absolute atomic E-state index is 13.2. The van der Waals surface area contributed by atoms with E-state index in [0.717, 1.165) is 44.9 Å². The molecule has 34 heavy (non-hydrogen) atoms. The van der Waals surface area contributed by atoms with E-state index in [9.17, 15) is 4.79 Å². The zero-order valence-electron chi connectivity index (χ0n) is 18.8. The van der Waals surface area contributed by atoms with E-state index in [1.54, 1.807) is 6.07 Å². The van der Waals surface area contributed by atoms with Crippen molar-refractivity contribution in [2.24, 2.45) is 0 Å². The molecule has 0 amide bonds. The summed E-state index contributed by atoms with van der Waals surface area (Å²) in [4.78, 5) is 15.4. The highest BCUT2D eigenvalue weighted by atomic mass is 35.5. The predicted octanol–water partition coefficient (Wildman–Crippen LogP) is 6.28. The van der Waals surface area contributed by atoms with Crippen LogP contribution in [0.25, 0.3) is 17.0 Å². The Hall–Kier alpha value is -3.54.